The molecule has 306 valence electrons. The van der Waals surface area contributed by atoms with E-state index in [2.05, 4.69) is 61.1 Å². The summed E-state index contributed by atoms with van der Waals surface area (Å²) in [7, 11) is -8.89. The largest absolute Gasteiger partial charge is 0.472 e. The molecule has 4 aliphatic rings. The smallest absolute Gasteiger partial charge is 0.387 e. The van der Waals surface area contributed by atoms with E-state index in [1.807, 2.05) is 0 Å². The first kappa shape index (κ1) is 42.8. The normalized spacial score (nSPS) is 34.1. The van der Waals surface area contributed by atoms with Gasteiger partial charge in [-0.1, -0.05) is 20.8 Å². The van der Waals surface area contributed by atoms with Gasteiger partial charge in [0.1, 0.15) is 67.0 Å². The molecular weight excluding hydrogens is 764 g/mol. The second-order valence-corrected chi connectivity index (χ2v) is 15.2. The third-order valence-corrected chi connectivity index (χ3v) is 10.9. The zero-order valence-corrected chi connectivity index (χ0v) is 31.7. The molecule has 1 amide bonds. The lowest BCUT2D eigenvalue weighted by Gasteiger charge is -2.37. The monoisotopic (exact) mass is 813 g/mol. The predicted octanol–water partition coefficient (Wildman–Crippen LogP) is -3.75. The van der Waals surface area contributed by atoms with Gasteiger partial charge in [0.25, 0.3) is 0 Å². The number of aliphatic hydroxyl groups excluding tert-OH is 2. The number of imidazole rings is 1. The first-order valence-electron chi connectivity index (χ1n) is 17.0. The number of aromatic nitrogens is 4. The van der Waals surface area contributed by atoms with E-state index in [4.69, 9.17) is 34.7 Å². The molecule has 12 atom stereocenters. The van der Waals surface area contributed by atoms with Crippen LogP contribution < -0.4 is 27.4 Å². The van der Waals surface area contributed by atoms with Crippen LogP contribution in [-0.4, -0.2) is 168 Å². The highest BCUT2D eigenvalue weighted by atomic mass is 31.2. The molecule has 0 bridgehead atoms. The highest BCUT2D eigenvalue weighted by Crippen LogP contribution is 2.50. The molecule has 2 aromatic heterocycles. The Morgan fingerprint density at radius 2 is 1.65 bits per heavy atom. The predicted molar refractivity (Wildman–Crippen MR) is 184 cm³/mol. The summed E-state index contributed by atoms with van der Waals surface area (Å²) >= 11 is 0. The Balaban J connectivity index is 0.000000730. The van der Waals surface area contributed by atoms with Crippen LogP contribution in [0.2, 0.25) is 0 Å². The number of aliphatic hydroxyl groups is 2. The van der Waals surface area contributed by atoms with Crippen molar-refractivity contribution in [3.05, 3.63) is 12.7 Å². The van der Waals surface area contributed by atoms with Crippen LogP contribution in [0.15, 0.2) is 12.7 Å². The minimum Gasteiger partial charge on any atom is -0.387 e. The fourth-order valence-corrected chi connectivity index (χ4v) is 7.89. The highest BCUT2D eigenvalue weighted by Gasteiger charge is 2.54. The van der Waals surface area contributed by atoms with E-state index >= 15 is 0 Å². The number of amides is 1. The number of anilines is 1. The van der Waals surface area contributed by atoms with Gasteiger partial charge in [-0.25, -0.2) is 29.0 Å². The Morgan fingerprint density at radius 3 is 2.28 bits per heavy atom. The first-order valence-corrected chi connectivity index (χ1v) is 20.1. The van der Waals surface area contributed by atoms with Crippen molar-refractivity contribution in [3.8, 4) is 0 Å². The second-order valence-electron chi connectivity index (χ2n) is 12.6. The maximum atomic E-state index is 13.2. The molecule has 0 aliphatic carbocycles. The lowest BCUT2D eigenvalue weighted by Crippen LogP contribution is -2.71. The minimum absolute atomic E-state index is 0.0525. The van der Waals surface area contributed by atoms with E-state index in [1.165, 1.54) is 48.9 Å². The number of rotatable bonds is 14. The molecule has 6 rings (SSSR count). The van der Waals surface area contributed by atoms with Crippen LogP contribution in [0, 0.1) is 0 Å². The quantitative estimate of drug-likeness (QED) is 0.0819. The van der Waals surface area contributed by atoms with Crippen molar-refractivity contribution in [2.75, 3.05) is 52.4 Å². The van der Waals surface area contributed by atoms with Gasteiger partial charge in [-0.2, -0.15) is 0 Å². The van der Waals surface area contributed by atoms with Gasteiger partial charge in [0, 0.05) is 7.11 Å². The average molecular weight is 814 g/mol. The summed E-state index contributed by atoms with van der Waals surface area (Å²) in [6.07, 6.45) is -10.2. The zero-order valence-electron chi connectivity index (χ0n) is 29.9. The summed E-state index contributed by atoms with van der Waals surface area (Å²) < 4.78 is 58.4. The summed E-state index contributed by atoms with van der Waals surface area (Å²) in [6, 6.07) is -0.733. The SMILES string of the molecule is CCN(CC)CC.CO[C@@H]1[C@H](OP(=O)(O)OC[C@H]2O[C@@H](N3CNC4C(=O)NC(N)NC43)[C@H](O)[C@@H]2O)[C@@H](COP(=O)(O)O)O[C@H]1n1cnc2c(N)ncnc21. The Hall–Kier alpha value is -2.36. The van der Waals surface area contributed by atoms with E-state index in [9.17, 15) is 38.8 Å². The number of methoxy groups -OCH3 is 1. The zero-order chi connectivity index (χ0) is 39.5. The topological polar surface area (TPSA) is 346 Å². The number of carbonyl (C=O) groups excluding carboxylic acids is 1. The Kier molecular flexibility index (Phi) is 14.1. The van der Waals surface area contributed by atoms with Crippen molar-refractivity contribution in [2.24, 2.45) is 5.73 Å². The number of nitrogens with zero attached hydrogens (tertiary/aromatic N) is 6. The fourth-order valence-electron chi connectivity index (χ4n) is 6.58. The van der Waals surface area contributed by atoms with Crippen molar-refractivity contribution < 1.29 is 66.6 Å². The summed E-state index contributed by atoms with van der Waals surface area (Å²) in [5.41, 5.74) is 12.1. The Morgan fingerprint density at radius 1 is 0.981 bits per heavy atom. The lowest BCUT2D eigenvalue weighted by molar-refractivity contribution is -0.133. The van der Waals surface area contributed by atoms with Gasteiger partial charge in [0.05, 0.1) is 32.4 Å². The molecule has 0 aromatic carbocycles. The van der Waals surface area contributed by atoms with Gasteiger partial charge in [0.15, 0.2) is 17.7 Å². The van der Waals surface area contributed by atoms with Crippen LogP contribution in [0.5, 0.6) is 0 Å². The summed E-state index contributed by atoms with van der Waals surface area (Å²) in [5.74, 6) is -0.331. The molecule has 0 saturated carbocycles. The maximum absolute atomic E-state index is 13.2. The number of nitrogen functional groups attached to an aromatic ring is 1. The van der Waals surface area contributed by atoms with E-state index in [0.717, 1.165) is 0 Å². The van der Waals surface area contributed by atoms with Crippen molar-refractivity contribution in [1.82, 2.24) is 45.3 Å². The van der Waals surface area contributed by atoms with E-state index in [-0.39, 0.29) is 29.6 Å². The molecule has 4 unspecified atom stereocenters. The molecule has 25 nitrogen and oxygen atoms in total. The van der Waals surface area contributed by atoms with Crippen LogP contribution in [-0.2, 0) is 41.7 Å². The standard InChI is InChI=1S/C21H34N10O14P2.C6H15N/c1-40-14-13(8(3-41-46(35,36)37)44-20(14)30-5-26-9-15(22)24-4-25-16(9)30)45-47(38,39)42-2-7-11(32)12(33)19(43-7)31-6-27-10-17(31)28-21(23)29-18(10)34;1-4-7(5-2)6-3/h4-5,7-8,10-14,17,19-21,27-28,32-33H,2-3,6,23H2,1H3,(H,29,34)(H,38,39)(H2,22,24,25)(H2,35,36,37);4-6H2,1-3H3/t7-,8-,10?,11-,12-,13-,14-,17?,19-,20-,21?;/m1./s1. The number of phosphoric ester groups is 2. The molecule has 4 saturated heterocycles. The number of nitrogens with one attached hydrogen (secondary N) is 3. The third-order valence-electron chi connectivity index (χ3n) is 9.39. The molecule has 12 N–H and O–H groups in total. The van der Waals surface area contributed by atoms with E-state index in [1.54, 1.807) is 0 Å². The van der Waals surface area contributed by atoms with E-state index < -0.39 is 96.4 Å². The van der Waals surface area contributed by atoms with Gasteiger partial charge in [-0.3, -0.25) is 39.3 Å². The number of phosphoric acid groups is 2. The molecule has 27 heteroatoms. The second kappa shape index (κ2) is 17.8. The van der Waals surface area contributed by atoms with Crippen molar-refractivity contribution >= 4 is 38.5 Å². The summed E-state index contributed by atoms with van der Waals surface area (Å²) in [5, 5.41) is 29.8. The summed E-state index contributed by atoms with van der Waals surface area (Å²) in [6.45, 7) is 8.62. The van der Waals surface area contributed by atoms with Crippen LogP contribution in [0.3, 0.4) is 0 Å². The molecule has 54 heavy (non-hydrogen) atoms. The van der Waals surface area contributed by atoms with Crippen LogP contribution in [0.4, 0.5) is 5.82 Å². The van der Waals surface area contributed by atoms with Crippen LogP contribution in [0.1, 0.15) is 27.0 Å². The summed E-state index contributed by atoms with van der Waals surface area (Å²) in [4.78, 5) is 57.6. The molecule has 4 aliphatic heterocycles. The van der Waals surface area contributed by atoms with Gasteiger partial charge in [-0.05, 0) is 19.6 Å². The number of nitrogens with two attached hydrogens (primary N) is 2. The maximum Gasteiger partial charge on any atom is 0.472 e. The molecule has 6 heterocycles. The molecular formula is C27H49N11O14P2. The number of fused-ring (bicyclic) bond motifs is 2. The number of hydrogen-bond acceptors (Lipinski definition) is 20. The Labute approximate surface area is 309 Å². The molecule has 2 aromatic rings. The van der Waals surface area contributed by atoms with Gasteiger partial charge in [0.2, 0.25) is 5.91 Å². The van der Waals surface area contributed by atoms with Crippen LogP contribution in [0.25, 0.3) is 11.2 Å². The van der Waals surface area contributed by atoms with Crippen molar-refractivity contribution in [2.45, 2.75) is 88.3 Å². The number of carbonyl (C=O) groups is 1. The molecule has 0 spiro atoms. The van der Waals surface area contributed by atoms with Gasteiger partial charge in [-0.15, -0.1) is 0 Å². The Bertz CT molecular complexity index is 1670. The molecule has 4 fully saturated rings. The molecule has 0 radical (unpaired) electrons. The van der Waals surface area contributed by atoms with Gasteiger partial charge >= 0.3 is 15.6 Å². The average Bonchev–Trinajstić information content (AvgIpc) is 3.88. The third kappa shape index (κ3) is 9.59. The fraction of sp³-hybridized carbons (Fsp3) is 0.778. The van der Waals surface area contributed by atoms with Gasteiger partial charge < -0.3 is 55.1 Å². The van der Waals surface area contributed by atoms with Crippen LogP contribution >= 0.6 is 15.6 Å². The minimum atomic E-state index is -5.10. The van der Waals surface area contributed by atoms with Crippen molar-refractivity contribution in [3.63, 3.8) is 0 Å². The number of hydrogen-bond donors (Lipinski definition) is 10. The highest BCUT2D eigenvalue weighted by molar-refractivity contribution is 7.47. The van der Waals surface area contributed by atoms with Crippen molar-refractivity contribution in [1.29, 1.82) is 0 Å². The van der Waals surface area contributed by atoms with E-state index in [0.29, 0.717) is 0 Å². The lowest BCUT2D eigenvalue weighted by atomic mass is 10.1. The number of ether oxygens (including phenoxy) is 3. The first-order chi connectivity index (χ1) is 25.5.